The average molecular weight is 162 g/mol. The molecule has 0 saturated carbocycles. The summed E-state index contributed by atoms with van der Waals surface area (Å²) in [6.07, 6.45) is 0.741. The smallest absolute Gasteiger partial charge is 0.207 e. The van der Waals surface area contributed by atoms with Crippen LogP contribution in [0.15, 0.2) is 0 Å². The lowest BCUT2D eigenvalue weighted by Gasteiger charge is -2.08. The summed E-state index contributed by atoms with van der Waals surface area (Å²) in [5.74, 6) is 1.89. The van der Waals surface area contributed by atoms with E-state index in [-0.39, 0.29) is 6.04 Å². The first-order valence-electron chi connectivity index (χ1n) is 3.23. The van der Waals surface area contributed by atoms with Crippen LogP contribution < -0.4 is 10.6 Å². The van der Waals surface area contributed by atoms with E-state index in [1.165, 1.54) is 0 Å². The molecule has 4 heteroatoms. The molecule has 10 heavy (non-hydrogen) atoms. The lowest BCUT2D eigenvalue weighted by atomic mass is 10.4. The fourth-order valence-corrected chi connectivity index (χ4v) is 1.27. The highest BCUT2D eigenvalue weighted by molar-refractivity contribution is 7.99. The van der Waals surface area contributed by atoms with Crippen molar-refractivity contribution in [3.8, 4) is 0 Å². The standard InChI is InChI=1S/C6H14N2OS/c1-6(8-4-9)3-10-5-7-2/h4,6-7H,3,5H2,1-2H3,(H,8,9). The van der Waals surface area contributed by atoms with Gasteiger partial charge in [-0.1, -0.05) is 0 Å². The molecule has 0 aliphatic rings. The minimum atomic E-state index is 0.274. The third kappa shape index (κ3) is 5.91. The summed E-state index contributed by atoms with van der Waals surface area (Å²) < 4.78 is 0. The van der Waals surface area contributed by atoms with Crippen molar-refractivity contribution in [2.45, 2.75) is 13.0 Å². The molecule has 0 saturated heterocycles. The quantitative estimate of drug-likeness (QED) is 0.329. The second-order valence-corrected chi connectivity index (χ2v) is 3.08. The minimum Gasteiger partial charge on any atom is -0.355 e. The number of carbonyl (C=O) groups is 1. The molecular weight excluding hydrogens is 148 g/mol. The van der Waals surface area contributed by atoms with Gasteiger partial charge in [-0.2, -0.15) is 0 Å². The molecule has 0 heterocycles. The zero-order valence-corrected chi connectivity index (χ0v) is 7.20. The Morgan fingerprint density at radius 1 is 1.70 bits per heavy atom. The summed E-state index contributed by atoms with van der Waals surface area (Å²) in [6.45, 7) is 1.98. The van der Waals surface area contributed by atoms with E-state index < -0.39 is 0 Å². The van der Waals surface area contributed by atoms with Crippen LogP contribution in [0, 0.1) is 0 Å². The van der Waals surface area contributed by atoms with E-state index in [1.54, 1.807) is 11.8 Å². The highest BCUT2D eigenvalue weighted by Crippen LogP contribution is 1.98. The van der Waals surface area contributed by atoms with Gasteiger partial charge in [-0.15, -0.1) is 11.8 Å². The number of hydrogen-bond acceptors (Lipinski definition) is 3. The van der Waals surface area contributed by atoms with Crippen LogP contribution in [0.5, 0.6) is 0 Å². The number of hydrogen-bond donors (Lipinski definition) is 2. The molecule has 60 valence electrons. The number of carbonyl (C=O) groups excluding carboxylic acids is 1. The first-order chi connectivity index (χ1) is 4.81. The van der Waals surface area contributed by atoms with Crippen molar-refractivity contribution in [2.75, 3.05) is 18.7 Å². The van der Waals surface area contributed by atoms with Gasteiger partial charge in [-0.25, -0.2) is 0 Å². The van der Waals surface area contributed by atoms with Crippen molar-refractivity contribution in [1.82, 2.24) is 10.6 Å². The fourth-order valence-electron chi connectivity index (χ4n) is 0.502. The third-order valence-electron chi connectivity index (χ3n) is 0.967. The predicted octanol–water partition coefficient (Wildman–Crippen LogP) is 0.0310. The molecule has 3 nitrogen and oxygen atoms in total. The Balaban J connectivity index is 3.04. The highest BCUT2D eigenvalue weighted by atomic mass is 32.2. The van der Waals surface area contributed by atoms with Gasteiger partial charge >= 0.3 is 0 Å². The zero-order chi connectivity index (χ0) is 7.82. The predicted molar refractivity (Wildman–Crippen MR) is 45.0 cm³/mol. The van der Waals surface area contributed by atoms with E-state index in [0.717, 1.165) is 18.0 Å². The van der Waals surface area contributed by atoms with Gasteiger partial charge in [-0.3, -0.25) is 4.79 Å². The molecule has 0 fully saturated rings. The van der Waals surface area contributed by atoms with Gasteiger partial charge in [0.25, 0.3) is 0 Å². The number of nitrogens with one attached hydrogen (secondary N) is 2. The zero-order valence-electron chi connectivity index (χ0n) is 6.39. The van der Waals surface area contributed by atoms with Gasteiger partial charge in [0.05, 0.1) is 0 Å². The molecule has 0 aliphatic heterocycles. The average Bonchev–Trinajstić information content (AvgIpc) is 1.89. The lowest BCUT2D eigenvalue weighted by Crippen LogP contribution is -2.27. The summed E-state index contributed by atoms with van der Waals surface area (Å²) in [5, 5.41) is 5.69. The van der Waals surface area contributed by atoms with Crippen LogP contribution in [0.1, 0.15) is 6.92 Å². The summed E-state index contributed by atoms with van der Waals surface area (Å²) in [7, 11) is 1.91. The lowest BCUT2D eigenvalue weighted by molar-refractivity contribution is -0.109. The van der Waals surface area contributed by atoms with E-state index in [9.17, 15) is 4.79 Å². The largest absolute Gasteiger partial charge is 0.355 e. The molecule has 0 bridgehead atoms. The van der Waals surface area contributed by atoms with Gasteiger partial charge < -0.3 is 10.6 Å². The Bertz CT molecular complexity index is 89.8. The second kappa shape index (κ2) is 6.89. The molecule has 0 aromatic rings. The normalized spacial score (nSPS) is 12.6. The van der Waals surface area contributed by atoms with Crippen LogP contribution in [0.3, 0.4) is 0 Å². The molecule has 0 rings (SSSR count). The summed E-state index contributed by atoms with van der Waals surface area (Å²) >= 11 is 1.77. The number of thioether (sulfide) groups is 1. The number of amides is 1. The van der Waals surface area contributed by atoms with Crippen molar-refractivity contribution in [1.29, 1.82) is 0 Å². The molecule has 0 radical (unpaired) electrons. The maximum atomic E-state index is 9.91. The van der Waals surface area contributed by atoms with Crippen molar-refractivity contribution in [3.05, 3.63) is 0 Å². The monoisotopic (exact) mass is 162 g/mol. The van der Waals surface area contributed by atoms with E-state index in [1.807, 2.05) is 14.0 Å². The van der Waals surface area contributed by atoms with Gasteiger partial charge in [0.1, 0.15) is 0 Å². The molecular formula is C6H14N2OS. The summed E-state index contributed by atoms with van der Waals surface area (Å²) in [4.78, 5) is 9.91. The van der Waals surface area contributed by atoms with Crippen molar-refractivity contribution in [3.63, 3.8) is 0 Å². The van der Waals surface area contributed by atoms with Gasteiger partial charge in [0.2, 0.25) is 6.41 Å². The van der Waals surface area contributed by atoms with Crippen molar-refractivity contribution >= 4 is 18.2 Å². The van der Waals surface area contributed by atoms with Crippen LogP contribution in [0.2, 0.25) is 0 Å². The Labute approximate surface area is 65.9 Å². The topological polar surface area (TPSA) is 41.1 Å². The third-order valence-corrected chi connectivity index (χ3v) is 2.20. The van der Waals surface area contributed by atoms with E-state index in [0.29, 0.717) is 0 Å². The molecule has 0 aromatic carbocycles. The van der Waals surface area contributed by atoms with Crippen LogP contribution in [0.4, 0.5) is 0 Å². The first kappa shape index (κ1) is 9.78. The maximum Gasteiger partial charge on any atom is 0.207 e. The fraction of sp³-hybridized carbons (Fsp3) is 0.833. The molecule has 1 atom stereocenters. The number of rotatable bonds is 6. The SMILES string of the molecule is CNCSCC(C)NC=O. The van der Waals surface area contributed by atoms with E-state index in [4.69, 9.17) is 0 Å². The molecule has 1 amide bonds. The maximum absolute atomic E-state index is 9.91. The Kier molecular flexibility index (Phi) is 6.74. The van der Waals surface area contributed by atoms with Gasteiger partial charge in [-0.05, 0) is 14.0 Å². The van der Waals surface area contributed by atoms with Gasteiger partial charge in [0, 0.05) is 17.7 Å². The van der Waals surface area contributed by atoms with Gasteiger partial charge in [0.15, 0.2) is 0 Å². The summed E-state index contributed by atoms with van der Waals surface area (Å²) in [6, 6.07) is 0.274. The minimum absolute atomic E-state index is 0.274. The van der Waals surface area contributed by atoms with Crippen molar-refractivity contribution < 1.29 is 4.79 Å². The molecule has 1 unspecified atom stereocenters. The van der Waals surface area contributed by atoms with E-state index >= 15 is 0 Å². The Morgan fingerprint density at radius 2 is 2.40 bits per heavy atom. The van der Waals surface area contributed by atoms with Crippen LogP contribution in [-0.2, 0) is 4.79 Å². The van der Waals surface area contributed by atoms with Crippen LogP contribution in [0.25, 0.3) is 0 Å². The highest BCUT2D eigenvalue weighted by Gasteiger charge is 1.96. The molecule has 0 spiro atoms. The summed E-state index contributed by atoms with van der Waals surface area (Å²) in [5.41, 5.74) is 0. The first-order valence-corrected chi connectivity index (χ1v) is 4.38. The Morgan fingerprint density at radius 3 is 2.90 bits per heavy atom. The van der Waals surface area contributed by atoms with Crippen molar-refractivity contribution in [2.24, 2.45) is 0 Å². The van der Waals surface area contributed by atoms with Crippen LogP contribution >= 0.6 is 11.8 Å². The van der Waals surface area contributed by atoms with E-state index in [2.05, 4.69) is 10.6 Å². The molecule has 0 aromatic heterocycles. The molecule has 2 N–H and O–H groups in total. The molecule has 0 aliphatic carbocycles. The van der Waals surface area contributed by atoms with Crippen LogP contribution in [-0.4, -0.2) is 31.1 Å². The Hall–Kier alpha value is -0.220. The second-order valence-electron chi connectivity index (χ2n) is 2.05.